The molecule has 0 saturated carbocycles. The number of hydrogen-bond donors (Lipinski definition) is 0. The summed E-state index contributed by atoms with van der Waals surface area (Å²) in [7, 11) is 0. The van der Waals surface area contributed by atoms with Gasteiger partial charge in [-0.3, -0.25) is 4.90 Å². The average molecular weight is 231 g/mol. The molecule has 1 nitrogen and oxygen atoms in total. The van der Waals surface area contributed by atoms with Crippen LogP contribution in [-0.2, 0) is 6.54 Å². The smallest absolute Gasteiger partial charge is 0.0239 e. The van der Waals surface area contributed by atoms with Crippen LogP contribution in [-0.4, -0.2) is 17.0 Å². The lowest BCUT2D eigenvalue weighted by molar-refractivity contribution is 0.0163. The molecule has 1 fully saturated rings. The third-order valence-corrected chi connectivity index (χ3v) is 4.54. The minimum absolute atomic E-state index is 0.383. The minimum atomic E-state index is 0.383. The van der Waals surface area contributed by atoms with Crippen molar-refractivity contribution in [3.63, 3.8) is 0 Å². The average Bonchev–Trinajstić information content (AvgIpc) is 2.33. The van der Waals surface area contributed by atoms with Gasteiger partial charge in [0.1, 0.15) is 0 Å². The summed E-state index contributed by atoms with van der Waals surface area (Å²) in [6.45, 7) is 9.53. The molecule has 1 heteroatoms. The summed E-state index contributed by atoms with van der Waals surface area (Å²) in [4.78, 5) is 2.69. The highest BCUT2D eigenvalue weighted by molar-refractivity contribution is 5.15. The molecule has 2 rings (SSSR count). The van der Waals surface area contributed by atoms with Crippen LogP contribution in [0.4, 0.5) is 0 Å². The predicted molar refractivity (Wildman–Crippen MR) is 73.9 cm³/mol. The second-order valence-electron chi connectivity index (χ2n) is 5.88. The van der Waals surface area contributed by atoms with Crippen LogP contribution in [0.2, 0.25) is 0 Å². The Morgan fingerprint density at radius 2 is 1.88 bits per heavy atom. The van der Waals surface area contributed by atoms with Crippen molar-refractivity contribution in [2.75, 3.05) is 6.54 Å². The third-order valence-electron chi connectivity index (χ3n) is 4.54. The molecule has 1 aromatic rings. The van der Waals surface area contributed by atoms with Crippen LogP contribution in [0.5, 0.6) is 0 Å². The Morgan fingerprint density at radius 1 is 1.18 bits per heavy atom. The SMILES string of the molecule is CC(C)C1(C)CCCCN1Cc1ccccc1. The van der Waals surface area contributed by atoms with E-state index in [0.29, 0.717) is 5.54 Å². The van der Waals surface area contributed by atoms with Crippen LogP contribution < -0.4 is 0 Å². The maximum atomic E-state index is 2.69. The summed E-state index contributed by atoms with van der Waals surface area (Å²) >= 11 is 0. The first-order valence-corrected chi connectivity index (χ1v) is 6.92. The van der Waals surface area contributed by atoms with Gasteiger partial charge in [-0.05, 0) is 37.8 Å². The van der Waals surface area contributed by atoms with Crippen LogP contribution >= 0.6 is 0 Å². The highest BCUT2D eigenvalue weighted by Gasteiger charge is 2.36. The predicted octanol–water partition coefficient (Wildman–Crippen LogP) is 4.09. The second kappa shape index (κ2) is 5.22. The normalized spacial score (nSPS) is 26.4. The molecule has 0 amide bonds. The van der Waals surface area contributed by atoms with Crippen molar-refractivity contribution in [2.24, 2.45) is 5.92 Å². The van der Waals surface area contributed by atoms with E-state index in [-0.39, 0.29) is 0 Å². The molecule has 0 bridgehead atoms. The van der Waals surface area contributed by atoms with Gasteiger partial charge in [0.25, 0.3) is 0 Å². The molecule has 1 aliphatic rings. The van der Waals surface area contributed by atoms with Gasteiger partial charge in [0.05, 0.1) is 0 Å². The number of hydrogen-bond acceptors (Lipinski definition) is 1. The molecule has 0 spiro atoms. The zero-order valence-electron chi connectivity index (χ0n) is 11.4. The first-order chi connectivity index (χ1) is 8.13. The summed E-state index contributed by atoms with van der Waals surface area (Å²) in [5.41, 5.74) is 1.83. The Morgan fingerprint density at radius 3 is 2.53 bits per heavy atom. The molecule has 1 aliphatic heterocycles. The summed E-state index contributed by atoms with van der Waals surface area (Å²) < 4.78 is 0. The van der Waals surface area contributed by atoms with Crippen LogP contribution in [0.3, 0.4) is 0 Å². The van der Waals surface area contributed by atoms with Gasteiger partial charge in [-0.2, -0.15) is 0 Å². The molecule has 1 heterocycles. The number of nitrogens with zero attached hydrogens (tertiary/aromatic N) is 1. The maximum Gasteiger partial charge on any atom is 0.0239 e. The monoisotopic (exact) mass is 231 g/mol. The van der Waals surface area contributed by atoms with E-state index in [4.69, 9.17) is 0 Å². The maximum absolute atomic E-state index is 2.69. The Kier molecular flexibility index (Phi) is 3.88. The first-order valence-electron chi connectivity index (χ1n) is 6.92. The Bertz CT molecular complexity index is 344. The molecule has 17 heavy (non-hydrogen) atoms. The molecular formula is C16H25N. The molecular weight excluding hydrogens is 206 g/mol. The quantitative estimate of drug-likeness (QED) is 0.757. The van der Waals surface area contributed by atoms with E-state index in [1.807, 2.05) is 0 Å². The van der Waals surface area contributed by atoms with Gasteiger partial charge < -0.3 is 0 Å². The highest BCUT2D eigenvalue weighted by atomic mass is 15.2. The van der Waals surface area contributed by atoms with Crippen molar-refractivity contribution in [3.8, 4) is 0 Å². The molecule has 1 atom stereocenters. The van der Waals surface area contributed by atoms with Crippen molar-refractivity contribution < 1.29 is 0 Å². The van der Waals surface area contributed by atoms with E-state index in [1.165, 1.54) is 31.4 Å². The van der Waals surface area contributed by atoms with E-state index in [2.05, 4.69) is 56.0 Å². The molecule has 1 aromatic carbocycles. The zero-order valence-corrected chi connectivity index (χ0v) is 11.4. The van der Waals surface area contributed by atoms with E-state index in [0.717, 1.165) is 12.5 Å². The fourth-order valence-electron chi connectivity index (χ4n) is 2.92. The summed E-state index contributed by atoms with van der Waals surface area (Å²) in [6, 6.07) is 10.9. The van der Waals surface area contributed by atoms with Crippen molar-refractivity contribution in [2.45, 2.75) is 52.1 Å². The van der Waals surface area contributed by atoms with Crippen LogP contribution in [0.25, 0.3) is 0 Å². The first kappa shape index (κ1) is 12.6. The third kappa shape index (κ3) is 2.71. The lowest BCUT2D eigenvalue weighted by atomic mass is 9.79. The highest BCUT2D eigenvalue weighted by Crippen LogP contribution is 2.35. The van der Waals surface area contributed by atoms with Gasteiger partial charge in [0.2, 0.25) is 0 Å². The Hall–Kier alpha value is -0.820. The molecule has 94 valence electrons. The number of likely N-dealkylation sites (tertiary alicyclic amines) is 1. The lowest BCUT2D eigenvalue weighted by Crippen LogP contribution is -2.52. The van der Waals surface area contributed by atoms with Crippen LogP contribution in [0.15, 0.2) is 30.3 Å². The minimum Gasteiger partial charge on any atom is -0.293 e. The van der Waals surface area contributed by atoms with E-state index >= 15 is 0 Å². The number of benzene rings is 1. The van der Waals surface area contributed by atoms with Crippen molar-refractivity contribution in [1.29, 1.82) is 0 Å². The lowest BCUT2D eigenvalue weighted by Gasteiger charge is -2.48. The molecule has 1 saturated heterocycles. The molecule has 0 aliphatic carbocycles. The van der Waals surface area contributed by atoms with Gasteiger partial charge in [-0.25, -0.2) is 0 Å². The summed E-state index contributed by atoms with van der Waals surface area (Å²) in [6.07, 6.45) is 4.09. The van der Waals surface area contributed by atoms with Gasteiger partial charge in [0, 0.05) is 12.1 Å². The molecule has 0 N–H and O–H groups in total. The topological polar surface area (TPSA) is 3.24 Å². The van der Waals surface area contributed by atoms with E-state index in [1.54, 1.807) is 0 Å². The van der Waals surface area contributed by atoms with E-state index < -0.39 is 0 Å². The van der Waals surface area contributed by atoms with E-state index in [9.17, 15) is 0 Å². The Balaban J connectivity index is 2.12. The molecule has 0 radical (unpaired) electrons. The number of rotatable bonds is 3. The standard InChI is InChI=1S/C16H25N/c1-14(2)16(3)11-7-8-12-17(16)13-15-9-5-4-6-10-15/h4-6,9-10,14H,7-8,11-13H2,1-3H3. The number of piperidine rings is 1. The fraction of sp³-hybridized carbons (Fsp3) is 0.625. The van der Waals surface area contributed by atoms with Crippen LogP contribution in [0, 0.1) is 5.92 Å². The van der Waals surface area contributed by atoms with Gasteiger partial charge in [-0.1, -0.05) is 50.6 Å². The largest absolute Gasteiger partial charge is 0.293 e. The fourth-order valence-corrected chi connectivity index (χ4v) is 2.92. The van der Waals surface area contributed by atoms with Gasteiger partial charge in [0.15, 0.2) is 0 Å². The Labute approximate surface area is 106 Å². The summed E-state index contributed by atoms with van der Waals surface area (Å²) in [5.74, 6) is 0.728. The van der Waals surface area contributed by atoms with Crippen molar-refractivity contribution in [3.05, 3.63) is 35.9 Å². The summed E-state index contributed by atoms with van der Waals surface area (Å²) in [5, 5.41) is 0. The van der Waals surface area contributed by atoms with Crippen molar-refractivity contribution >= 4 is 0 Å². The second-order valence-corrected chi connectivity index (χ2v) is 5.88. The van der Waals surface area contributed by atoms with Crippen LogP contribution in [0.1, 0.15) is 45.6 Å². The van der Waals surface area contributed by atoms with Gasteiger partial charge >= 0.3 is 0 Å². The zero-order chi connectivity index (χ0) is 12.3. The van der Waals surface area contributed by atoms with Gasteiger partial charge in [-0.15, -0.1) is 0 Å². The van der Waals surface area contributed by atoms with Crippen molar-refractivity contribution in [1.82, 2.24) is 4.90 Å². The molecule has 1 unspecified atom stereocenters. The molecule has 0 aromatic heterocycles.